The van der Waals surface area contributed by atoms with Gasteiger partial charge in [0.25, 0.3) is 0 Å². The minimum atomic E-state index is -0.644. The molecule has 0 aliphatic rings. The van der Waals surface area contributed by atoms with Crippen LogP contribution in [-0.2, 0) is 12.6 Å². The predicted molar refractivity (Wildman–Crippen MR) is 147 cm³/mol. The number of allylic oxidation sites excluding steroid dienone is 4. The number of fused-ring (bicyclic) bond motifs is 1. The maximum atomic E-state index is 5.37. The Morgan fingerprint density at radius 3 is 2.08 bits per heavy atom. The summed E-state index contributed by atoms with van der Waals surface area (Å²) in [6.45, 7) is 8.49. The Kier molecular flexibility index (Phi) is 6.15. The Labute approximate surface area is 212 Å². The second kappa shape index (κ2) is 9.42. The van der Waals surface area contributed by atoms with Gasteiger partial charge in [-0.2, -0.15) is 5.10 Å². The highest BCUT2D eigenvalue weighted by molar-refractivity contribution is 5.81. The van der Waals surface area contributed by atoms with Crippen LogP contribution in [0.15, 0.2) is 103 Å². The molecule has 0 atom stereocenters. The fourth-order valence-corrected chi connectivity index (χ4v) is 5.19. The highest BCUT2D eigenvalue weighted by atomic mass is 15.4. The van der Waals surface area contributed by atoms with Crippen LogP contribution in [0.2, 0.25) is 0 Å². The van der Waals surface area contributed by atoms with Crippen LogP contribution in [0.3, 0.4) is 0 Å². The van der Waals surface area contributed by atoms with Crippen molar-refractivity contribution in [2.24, 2.45) is 7.05 Å². The van der Waals surface area contributed by atoms with Crippen LogP contribution >= 0.6 is 0 Å². The molecule has 0 aliphatic carbocycles. The average Bonchev–Trinajstić information content (AvgIpc) is 3.44. The molecule has 0 bridgehead atoms. The Morgan fingerprint density at radius 1 is 0.861 bits per heavy atom. The molecule has 0 saturated heterocycles. The normalized spacial score (nSPS) is 12.6. The molecule has 5 rings (SSSR count). The van der Waals surface area contributed by atoms with Crippen LogP contribution in [0.25, 0.3) is 22.3 Å². The summed E-state index contributed by atoms with van der Waals surface area (Å²) >= 11 is 0. The smallest absolute Gasteiger partial charge is 0.138 e. The Morgan fingerprint density at radius 2 is 1.50 bits per heavy atom. The van der Waals surface area contributed by atoms with Gasteiger partial charge in [-0.1, -0.05) is 90.2 Å². The van der Waals surface area contributed by atoms with Crippen molar-refractivity contribution in [3.8, 4) is 11.3 Å². The minimum Gasteiger partial charge on any atom is -0.249 e. The molecular formula is C31H31N5. The molecule has 2 aromatic heterocycles. The fraction of sp³-hybridized carbons (Fsp3) is 0.194. The van der Waals surface area contributed by atoms with E-state index in [0.717, 1.165) is 50.2 Å². The summed E-state index contributed by atoms with van der Waals surface area (Å²) in [5, 5.41) is 13.8. The zero-order valence-electron chi connectivity index (χ0n) is 21.5. The van der Waals surface area contributed by atoms with Gasteiger partial charge in [0.2, 0.25) is 0 Å². The molecule has 0 aliphatic heterocycles. The molecule has 0 unspecified atom stereocenters. The highest BCUT2D eigenvalue weighted by Gasteiger charge is 2.41. The zero-order valence-corrected chi connectivity index (χ0v) is 21.5. The van der Waals surface area contributed by atoms with E-state index in [1.54, 1.807) is 4.68 Å². The maximum absolute atomic E-state index is 5.37. The van der Waals surface area contributed by atoms with Crippen LogP contribution in [0, 0.1) is 13.8 Å². The number of rotatable bonds is 6. The van der Waals surface area contributed by atoms with E-state index in [9.17, 15) is 0 Å². The molecule has 0 saturated carbocycles. The number of benzene rings is 3. The van der Waals surface area contributed by atoms with E-state index in [-0.39, 0.29) is 0 Å². The van der Waals surface area contributed by atoms with Crippen molar-refractivity contribution in [3.63, 3.8) is 0 Å². The Balaban J connectivity index is 1.86. The number of hydrogen-bond acceptors (Lipinski definition) is 3. The lowest BCUT2D eigenvalue weighted by Crippen LogP contribution is -2.39. The van der Waals surface area contributed by atoms with Gasteiger partial charge in [0, 0.05) is 18.3 Å². The SMILES string of the molecule is CC=CC(=CC)C(c1ccccc1)(c1ccccc1)n1nc(-c2ccc3nnn(C)c3c2)c(C)c1C. The summed E-state index contributed by atoms with van der Waals surface area (Å²) < 4.78 is 4.02. The van der Waals surface area contributed by atoms with E-state index in [2.05, 4.69) is 134 Å². The molecule has 2 heterocycles. The van der Waals surface area contributed by atoms with Crippen molar-refractivity contribution in [1.29, 1.82) is 0 Å². The molecule has 180 valence electrons. The largest absolute Gasteiger partial charge is 0.249 e. The van der Waals surface area contributed by atoms with Crippen LogP contribution in [0.1, 0.15) is 36.2 Å². The van der Waals surface area contributed by atoms with Gasteiger partial charge in [0.05, 0.1) is 11.2 Å². The van der Waals surface area contributed by atoms with E-state index in [0.29, 0.717) is 0 Å². The molecule has 5 nitrogen and oxygen atoms in total. The monoisotopic (exact) mass is 473 g/mol. The zero-order chi connectivity index (χ0) is 25.3. The van der Waals surface area contributed by atoms with Gasteiger partial charge in [-0.05, 0) is 62.1 Å². The fourth-order valence-electron chi connectivity index (χ4n) is 5.19. The van der Waals surface area contributed by atoms with Gasteiger partial charge in [-0.15, -0.1) is 5.10 Å². The van der Waals surface area contributed by atoms with Crippen LogP contribution < -0.4 is 0 Å². The van der Waals surface area contributed by atoms with Gasteiger partial charge in [0.1, 0.15) is 11.1 Å². The first-order chi connectivity index (χ1) is 17.5. The molecule has 0 N–H and O–H groups in total. The highest BCUT2D eigenvalue weighted by Crippen LogP contribution is 2.43. The Bertz CT molecular complexity index is 1530. The van der Waals surface area contributed by atoms with Gasteiger partial charge >= 0.3 is 0 Å². The second-order valence-electron chi connectivity index (χ2n) is 9.07. The third kappa shape index (κ3) is 3.59. The van der Waals surface area contributed by atoms with Crippen LogP contribution in [0.5, 0.6) is 0 Å². The molecule has 36 heavy (non-hydrogen) atoms. The standard InChI is InChI=1S/C31H31N5/c1-6-14-25(7-2)31(26-15-10-8-11-16-26,27-17-12-9-13-18-27)36-23(4)22(3)30(33-36)24-19-20-28-29(21-24)35(5)34-32-28/h6-21H,1-5H3. The number of aromatic nitrogens is 5. The van der Waals surface area contributed by atoms with Gasteiger partial charge in [-0.3, -0.25) is 0 Å². The first-order valence-electron chi connectivity index (χ1n) is 12.3. The summed E-state index contributed by atoms with van der Waals surface area (Å²) in [4.78, 5) is 0. The molecular weight excluding hydrogens is 442 g/mol. The van der Waals surface area contributed by atoms with E-state index in [1.165, 1.54) is 0 Å². The molecule has 0 amide bonds. The molecule has 0 spiro atoms. The summed E-state index contributed by atoms with van der Waals surface area (Å²) in [6, 6.07) is 27.6. The summed E-state index contributed by atoms with van der Waals surface area (Å²) in [6.07, 6.45) is 6.50. The molecule has 0 radical (unpaired) electrons. The second-order valence-corrected chi connectivity index (χ2v) is 9.07. The quantitative estimate of drug-likeness (QED) is 0.256. The predicted octanol–water partition coefficient (Wildman–Crippen LogP) is 6.76. The topological polar surface area (TPSA) is 48.5 Å². The number of hydrogen-bond donors (Lipinski definition) is 0. The molecule has 3 aromatic carbocycles. The molecule has 0 fully saturated rings. The lowest BCUT2D eigenvalue weighted by molar-refractivity contribution is 0.448. The van der Waals surface area contributed by atoms with Crippen LogP contribution in [0.4, 0.5) is 0 Å². The third-order valence-corrected chi connectivity index (χ3v) is 7.08. The van der Waals surface area contributed by atoms with Crippen molar-refractivity contribution in [1.82, 2.24) is 24.8 Å². The first kappa shape index (κ1) is 23.5. The van der Waals surface area contributed by atoms with Crippen LogP contribution in [-0.4, -0.2) is 24.8 Å². The van der Waals surface area contributed by atoms with Crippen molar-refractivity contribution in [2.45, 2.75) is 33.2 Å². The van der Waals surface area contributed by atoms with E-state index >= 15 is 0 Å². The van der Waals surface area contributed by atoms with Crippen molar-refractivity contribution >= 4 is 11.0 Å². The molecule has 5 aromatic rings. The summed E-state index contributed by atoms with van der Waals surface area (Å²) in [5.74, 6) is 0. The van der Waals surface area contributed by atoms with Crippen molar-refractivity contribution in [2.75, 3.05) is 0 Å². The molecule has 5 heteroatoms. The lowest BCUT2D eigenvalue weighted by Gasteiger charge is -2.38. The number of aryl methyl sites for hydroxylation is 1. The lowest BCUT2D eigenvalue weighted by atomic mass is 9.76. The third-order valence-electron chi connectivity index (χ3n) is 7.08. The minimum absolute atomic E-state index is 0.644. The van der Waals surface area contributed by atoms with Gasteiger partial charge in [0.15, 0.2) is 0 Å². The van der Waals surface area contributed by atoms with Crippen molar-refractivity contribution < 1.29 is 0 Å². The summed E-state index contributed by atoms with van der Waals surface area (Å²) in [5.41, 5.74) is 8.97. The van der Waals surface area contributed by atoms with Gasteiger partial charge in [-0.25, -0.2) is 9.36 Å². The van der Waals surface area contributed by atoms with Gasteiger partial charge < -0.3 is 0 Å². The van der Waals surface area contributed by atoms with E-state index < -0.39 is 5.54 Å². The Hall–Kier alpha value is -4.25. The summed E-state index contributed by atoms with van der Waals surface area (Å²) in [7, 11) is 1.92. The van der Waals surface area contributed by atoms with E-state index in [1.807, 2.05) is 13.1 Å². The first-order valence-corrected chi connectivity index (χ1v) is 12.3. The van der Waals surface area contributed by atoms with E-state index in [4.69, 9.17) is 5.10 Å². The number of nitrogens with zero attached hydrogens (tertiary/aromatic N) is 5. The maximum Gasteiger partial charge on any atom is 0.138 e. The average molecular weight is 474 g/mol. The van der Waals surface area contributed by atoms with Crippen molar-refractivity contribution in [3.05, 3.63) is 125 Å².